The number of anilines is 1. The number of nitrogens with one attached hydrogen (secondary N) is 1. The van der Waals surface area contributed by atoms with Crippen LogP contribution in [0.1, 0.15) is 86.0 Å². The van der Waals surface area contributed by atoms with E-state index in [4.69, 9.17) is 0 Å². The summed E-state index contributed by atoms with van der Waals surface area (Å²) in [6.07, 6.45) is 10.7. The molecule has 2 fully saturated rings. The molecule has 1 aromatic heterocycles. The molecule has 2 heterocycles. The Balaban J connectivity index is 1.63. The fraction of sp³-hybridized carbons (Fsp3) is 0.565. The smallest absolute Gasteiger partial charge is 0.254 e. The van der Waals surface area contributed by atoms with Crippen molar-refractivity contribution in [2.45, 2.75) is 81.7 Å². The van der Waals surface area contributed by atoms with Gasteiger partial charge < -0.3 is 4.90 Å². The molecule has 3 aliphatic rings. The zero-order chi connectivity index (χ0) is 20.6. The molecular weight excluding hydrogens is 396 g/mol. The second kappa shape index (κ2) is 8.10. The molecule has 30 heavy (non-hydrogen) atoms. The lowest BCUT2D eigenvalue weighted by Gasteiger charge is -2.56. The van der Waals surface area contributed by atoms with E-state index in [-0.39, 0.29) is 23.8 Å². The van der Waals surface area contributed by atoms with Crippen molar-refractivity contribution < 1.29 is 9.59 Å². The number of rotatable bonds is 3. The van der Waals surface area contributed by atoms with Gasteiger partial charge in [-0.2, -0.15) is 0 Å². The highest BCUT2D eigenvalue weighted by Gasteiger charge is 2.56. The minimum absolute atomic E-state index is 0.0607. The fourth-order valence-corrected chi connectivity index (χ4v) is 6.50. The van der Waals surface area contributed by atoms with Gasteiger partial charge in [-0.25, -0.2) is 0 Å². The maximum atomic E-state index is 13.8. The number of amides is 2. The second-order valence-corrected chi connectivity index (χ2v) is 9.72. The van der Waals surface area contributed by atoms with Gasteiger partial charge in [0.2, 0.25) is 11.0 Å². The van der Waals surface area contributed by atoms with Crippen LogP contribution >= 0.6 is 11.3 Å². The normalized spacial score (nSPS) is 23.9. The Bertz CT molecular complexity index is 917. The van der Waals surface area contributed by atoms with E-state index < -0.39 is 5.54 Å². The van der Waals surface area contributed by atoms with Gasteiger partial charge in [-0.05, 0) is 37.3 Å². The number of carbonyl (C=O) groups excluding carboxylic acids is 2. The first-order chi connectivity index (χ1) is 14.7. The average Bonchev–Trinajstić information content (AvgIpc) is 3.28. The van der Waals surface area contributed by atoms with E-state index in [9.17, 15) is 9.59 Å². The molecule has 2 aromatic rings. The van der Waals surface area contributed by atoms with Crippen LogP contribution in [0.25, 0.3) is 0 Å². The van der Waals surface area contributed by atoms with Gasteiger partial charge in [-0.1, -0.05) is 68.1 Å². The summed E-state index contributed by atoms with van der Waals surface area (Å²) in [5, 5.41) is 11.4. The van der Waals surface area contributed by atoms with Gasteiger partial charge in [0.25, 0.3) is 5.91 Å². The minimum Gasteiger partial charge on any atom is -0.329 e. The Kier molecular flexibility index (Phi) is 5.31. The predicted octanol–water partition coefficient (Wildman–Crippen LogP) is 4.75. The monoisotopic (exact) mass is 424 g/mol. The average molecular weight is 425 g/mol. The molecule has 1 unspecified atom stereocenters. The molecule has 1 aromatic carbocycles. The van der Waals surface area contributed by atoms with Crippen molar-refractivity contribution in [3.63, 3.8) is 0 Å². The van der Waals surface area contributed by atoms with Crippen molar-refractivity contribution in [1.29, 1.82) is 0 Å². The van der Waals surface area contributed by atoms with E-state index in [1.165, 1.54) is 24.2 Å². The summed E-state index contributed by atoms with van der Waals surface area (Å²) in [6.45, 7) is 0. The molecule has 0 saturated heterocycles. The van der Waals surface area contributed by atoms with Crippen molar-refractivity contribution in [3.8, 4) is 0 Å². The highest BCUT2D eigenvalue weighted by atomic mass is 32.1. The number of fused-ring (bicyclic) bond motifs is 1. The lowest BCUT2D eigenvalue weighted by atomic mass is 9.64. The van der Waals surface area contributed by atoms with E-state index in [2.05, 4.69) is 20.4 Å². The molecule has 2 saturated carbocycles. The summed E-state index contributed by atoms with van der Waals surface area (Å²) < 4.78 is 0. The van der Waals surface area contributed by atoms with Crippen LogP contribution in [-0.4, -0.2) is 38.5 Å². The maximum absolute atomic E-state index is 13.8. The van der Waals surface area contributed by atoms with Crippen LogP contribution in [-0.2, 0) is 4.79 Å². The molecule has 6 nitrogen and oxygen atoms in total. The van der Waals surface area contributed by atoms with Crippen LogP contribution < -0.4 is 5.32 Å². The summed E-state index contributed by atoms with van der Waals surface area (Å²) in [5.74, 6) is -0.314. The summed E-state index contributed by atoms with van der Waals surface area (Å²) in [5.41, 5.74) is 2.74. The first-order valence-electron chi connectivity index (χ1n) is 11.2. The molecule has 5 rings (SSSR count). The molecule has 7 heteroatoms. The van der Waals surface area contributed by atoms with E-state index in [0.717, 1.165) is 56.9 Å². The molecule has 158 valence electrons. The largest absolute Gasteiger partial charge is 0.329 e. The molecule has 1 atom stereocenters. The van der Waals surface area contributed by atoms with E-state index in [0.29, 0.717) is 10.7 Å². The highest BCUT2D eigenvalue weighted by Crippen LogP contribution is 2.51. The predicted molar refractivity (Wildman–Crippen MR) is 117 cm³/mol. The zero-order valence-electron chi connectivity index (χ0n) is 17.2. The number of benzene rings is 1. The van der Waals surface area contributed by atoms with Crippen LogP contribution in [0.2, 0.25) is 0 Å². The molecule has 1 spiro atoms. The SMILES string of the molecule is O=C(Nc1nncs1)C1c2ccccc2C(=O)N(C2CCCCC2)C12CCCCC2. The van der Waals surface area contributed by atoms with Crippen LogP contribution in [0.4, 0.5) is 5.13 Å². The minimum atomic E-state index is -0.444. The van der Waals surface area contributed by atoms with Gasteiger partial charge in [0.15, 0.2) is 0 Å². The highest BCUT2D eigenvalue weighted by molar-refractivity contribution is 7.13. The first-order valence-corrected chi connectivity index (χ1v) is 12.1. The molecule has 0 bridgehead atoms. The number of hydrogen-bond acceptors (Lipinski definition) is 5. The third kappa shape index (κ3) is 3.23. The Labute approximate surface area is 181 Å². The molecule has 2 aliphatic carbocycles. The van der Waals surface area contributed by atoms with Crippen molar-refractivity contribution in [2.75, 3.05) is 5.32 Å². The topological polar surface area (TPSA) is 75.2 Å². The van der Waals surface area contributed by atoms with Crippen molar-refractivity contribution >= 4 is 28.3 Å². The van der Waals surface area contributed by atoms with E-state index >= 15 is 0 Å². The summed E-state index contributed by atoms with van der Waals surface area (Å²) in [4.78, 5) is 29.8. The van der Waals surface area contributed by atoms with E-state index in [1.54, 1.807) is 5.51 Å². The quantitative estimate of drug-likeness (QED) is 0.771. The molecule has 2 amide bonds. The molecule has 0 radical (unpaired) electrons. The third-order valence-electron chi connectivity index (χ3n) is 7.25. The Hall–Kier alpha value is -2.28. The van der Waals surface area contributed by atoms with E-state index in [1.807, 2.05) is 24.3 Å². The number of aromatic nitrogens is 2. The summed E-state index contributed by atoms with van der Waals surface area (Å²) in [6, 6.07) is 7.97. The lowest BCUT2D eigenvalue weighted by molar-refractivity contribution is -0.123. The van der Waals surface area contributed by atoms with Crippen LogP contribution in [0.15, 0.2) is 29.8 Å². The van der Waals surface area contributed by atoms with Gasteiger partial charge in [0.1, 0.15) is 5.51 Å². The van der Waals surface area contributed by atoms with Crippen molar-refractivity contribution in [1.82, 2.24) is 15.1 Å². The number of carbonyl (C=O) groups is 2. The zero-order valence-corrected chi connectivity index (χ0v) is 18.0. The van der Waals surface area contributed by atoms with Gasteiger partial charge in [-0.3, -0.25) is 14.9 Å². The third-order valence-corrected chi connectivity index (χ3v) is 7.86. The van der Waals surface area contributed by atoms with Crippen LogP contribution in [0.5, 0.6) is 0 Å². The van der Waals surface area contributed by atoms with Gasteiger partial charge in [0, 0.05) is 11.6 Å². The Morgan fingerprint density at radius 1 is 1.07 bits per heavy atom. The Morgan fingerprint density at radius 2 is 1.80 bits per heavy atom. The van der Waals surface area contributed by atoms with Gasteiger partial charge >= 0.3 is 0 Å². The van der Waals surface area contributed by atoms with Gasteiger partial charge in [-0.15, -0.1) is 10.2 Å². The Morgan fingerprint density at radius 3 is 2.53 bits per heavy atom. The lowest BCUT2D eigenvalue weighted by Crippen LogP contribution is -2.65. The molecule has 1 aliphatic heterocycles. The summed E-state index contributed by atoms with van der Waals surface area (Å²) >= 11 is 1.33. The second-order valence-electron chi connectivity index (χ2n) is 8.88. The van der Waals surface area contributed by atoms with Crippen LogP contribution in [0, 0.1) is 0 Å². The van der Waals surface area contributed by atoms with Crippen molar-refractivity contribution in [2.24, 2.45) is 0 Å². The first kappa shape index (κ1) is 19.7. The van der Waals surface area contributed by atoms with Crippen molar-refractivity contribution in [3.05, 3.63) is 40.9 Å². The number of hydrogen-bond donors (Lipinski definition) is 1. The van der Waals surface area contributed by atoms with Crippen LogP contribution in [0.3, 0.4) is 0 Å². The van der Waals surface area contributed by atoms with Gasteiger partial charge in [0.05, 0.1) is 11.5 Å². The molecule has 1 N–H and O–H groups in total. The fourth-order valence-electron chi connectivity index (χ4n) is 6.06. The maximum Gasteiger partial charge on any atom is 0.254 e. The number of nitrogens with zero attached hydrogens (tertiary/aromatic N) is 3. The molecular formula is C23H28N4O2S. The standard InChI is InChI=1S/C23H28N4O2S/c28-20(25-22-26-24-15-30-22)19-17-11-5-6-12-18(17)21(29)27(16-9-3-1-4-10-16)23(19)13-7-2-8-14-23/h5-6,11-12,15-16,19H,1-4,7-10,13-14H2,(H,25,26,28). The summed E-state index contributed by atoms with van der Waals surface area (Å²) in [7, 11) is 0.